The molecule has 0 radical (unpaired) electrons. The molecule has 0 aromatic carbocycles. The van der Waals surface area contributed by atoms with Crippen LogP contribution in [-0.4, -0.2) is 53.9 Å². The summed E-state index contributed by atoms with van der Waals surface area (Å²) in [6.07, 6.45) is 5.18. The molecule has 1 aliphatic heterocycles. The maximum absolute atomic E-state index is 12.6. The fourth-order valence-corrected chi connectivity index (χ4v) is 4.56. The van der Waals surface area contributed by atoms with Crippen LogP contribution >= 0.6 is 11.3 Å². The number of nitrogens with zero attached hydrogens (tertiary/aromatic N) is 3. The van der Waals surface area contributed by atoms with Gasteiger partial charge in [-0.15, -0.1) is 11.3 Å². The number of amides is 1. The van der Waals surface area contributed by atoms with Gasteiger partial charge in [0.2, 0.25) is 0 Å². The van der Waals surface area contributed by atoms with Gasteiger partial charge in [-0.3, -0.25) is 14.7 Å². The molecule has 1 atom stereocenters. The molecule has 1 saturated heterocycles. The number of piperazine rings is 1. The van der Waals surface area contributed by atoms with Crippen LogP contribution in [0.4, 0.5) is 5.00 Å². The topological polar surface area (TPSA) is 61.6 Å². The molecule has 3 aromatic heterocycles. The van der Waals surface area contributed by atoms with Gasteiger partial charge < -0.3 is 14.6 Å². The molecule has 28 heavy (non-hydrogen) atoms. The van der Waals surface area contributed by atoms with Crippen LogP contribution in [0.5, 0.6) is 0 Å². The number of rotatable bonds is 5. The first kappa shape index (κ1) is 18.9. The van der Waals surface area contributed by atoms with Crippen molar-refractivity contribution in [2.75, 3.05) is 38.5 Å². The highest BCUT2D eigenvalue weighted by Crippen LogP contribution is 2.39. The lowest BCUT2D eigenvalue weighted by Crippen LogP contribution is -2.46. The van der Waals surface area contributed by atoms with Gasteiger partial charge in [-0.25, -0.2) is 0 Å². The quantitative estimate of drug-likeness (QED) is 0.714. The highest BCUT2D eigenvalue weighted by molar-refractivity contribution is 7.16. The molecule has 1 fully saturated rings. The van der Waals surface area contributed by atoms with Crippen molar-refractivity contribution in [2.24, 2.45) is 0 Å². The SMILES string of the molecule is Cc1cc([C@@H](c2ccncc2)N2CCN(C)CC2)c(NC(=O)c2ccco2)s1. The molecule has 6 nitrogen and oxygen atoms in total. The van der Waals surface area contributed by atoms with Crippen LogP contribution in [0, 0.1) is 6.92 Å². The smallest absolute Gasteiger partial charge is 0.291 e. The first-order chi connectivity index (χ1) is 13.6. The molecular weight excluding hydrogens is 372 g/mol. The number of thiophene rings is 1. The van der Waals surface area contributed by atoms with Crippen molar-refractivity contribution in [3.05, 3.63) is 70.8 Å². The van der Waals surface area contributed by atoms with Gasteiger partial charge in [0, 0.05) is 49.0 Å². The second kappa shape index (κ2) is 8.26. The van der Waals surface area contributed by atoms with Crippen LogP contribution in [0.15, 0.2) is 53.4 Å². The number of furan rings is 1. The minimum absolute atomic E-state index is 0.0774. The highest BCUT2D eigenvalue weighted by Gasteiger charge is 2.29. The van der Waals surface area contributed by atoms with E-state index in [1.54, 1.807) is 23.5 Å². The lowest BCUT2D eigenvalue weighted by Gasteiger charge is -2.38. The molecule has 4 rings (SSSR count). The molecule has 1 N–H and O–H groups in total. The molecule has 0 unspecified atom stereocenters. The number of nitrogens with one attached hydrogen (secondary N) is 1. The number of aryl methyl sites for hydroxylation is 1. The molecule has 1 amide bonds. The van der Waals surface area contributed by atoms with E-state index in [0.717, 1.165) is 41.6 Å². The second-order valence-corrected chi connectivity index (χ2v) is 8.35. The lowest BCUT2D eigenvalue weighted by atomic mass is 9.98. The third-order valence-corrected chi connectivity index (χ3v) is 6.06. The van der Waals surface area contributed by atoms with Crippen molar-refractivity contribution < 1.29 is 9.21 Å². The normalized spacial score (nSPS) is 16.8. The Labute approximate surface area is 168 Å². The number of anilines is 1. The number of carbonyl (C=O) groups is 1. The van der Waals surface area contributed by atoms with Gasteiger partial charge in [0.05, 0.1) is 12.3 Å². The summed E-state index contributed by atoms with van der Waals surface area (Å²) >= 11 is 1.60. The molecule has 3 aromatic rings. The van der Waals surface area contributed by atoms with Crippen LogP contribution < -0.4 is 5.32 Å². The number of hydrogen-bond acceptors (Lipinski definition) is 6. The Kier molecular flexibility index (Phi) is 5.57. The van der Waals surface area contributed by atoms with Crippen LogP contribution in [0.25, 0.3) is 0 Å². The van der Waals surface area contributed by atoms with Gasteiger partial charge in [0.25, 0.3) is 5.91 Å². The number of hydrogen-bond donors (Lipinski definition) is 1. The minimum Gasteiger partial charge on any atom is -0.459 e. The molecule has 0 bridgehead atoms. The lowest BCUT2D eigenvalue weighted by molar-refractivity contribution is 0.0996. The Bertz CT molecular complexity index is 915. The van der Waals surface area contributed by atoms with Crippen molar-refractivity contribution >= 4 is 22.2 Å². The van der Waals surface area contributed by atoms with E-state index in [1.807, 2.05) is 12.4 Å². The van der Waals surface area contributed by atoms with E-state index in [-0.39, 0.29) is 11.9 Å². The second-order valence-electron chi connectivity index (χ2n) is 7.10. The summed E-state index contributed by atoms with van der Waals surface area (Å²) in [5, 5.41) is 3.94. The van der Waals surface area contributed by atoms with E-state index < -0.39 is 0 Å². The predicted molar refractivity (Wildman–Crippen MR) is 111 cm³/mol. The van der Waals surface area contributed by atoms with E-state index in [1.165, 1.54) is 11.8 Å². The molecule has 1 aliphatic rings. The number of aromatic nitrogens is 1. The minimum atomic E-state index is -0.222. The van der Waals surface area contributed by atoms with E-state index in [9.17, 15) is 4.79 Å². The predicted octanol–water partition coefficient (Wildman–Crippen LogP) is 3.63. The largest absolute Gasteiger partial charge is 0.459 e. The van der Waals surface area contributed by atoms with Crippen molar-refractivity contribution in [1.29, 1.82) is 0 Å². The number of pyridine rings is 1. The van der Waals surface area contributed by atoms with Gasteiger partial charge in [0.1, 0.15) is 5.00 Å². The number of carbonyl (C=O) groups excluding carboxylic acids is 1. The maximum atomic E-state index is 12.6. The van der Waals surface area contributed by atoms with Crippen LogP contribution in [-0.2, 0) is 0 Å². The average Bonchev–Trinajstić information content (AvgIpc) is 3.35. The zero-order chi connectivity index (χ0) is 19.5. The monoisotopic (exact) mass is 396 g/mol. The zero-order valence-electron chi connectivity index (χ0n) is 16.1. The summed E-state index contributed by atoms with van der Waals surface area (Å²) in [6, 6.07) is 9.79. The third-order valence-electron chi connectivity index (χ3n) is 5.08. The fourth-order valence-electron chi connectivity index (χ4n) is 3.62. The Morgan fingerprint density at radius 1 is 1.21 bits per heavy atom. The summed E-state index contributed by atoms with van der Waals surface area (Å²) in [6.45, 7) is 6.08. The van der Waals surface area contributed by atoms with Gasteiger partial charge in [-0.1, -0.05) is 0 Å². The van der Waals surface area contributed by atoms with E-state index >= 15 is 0 Å². The Hall–Kier alpha value is -2.48. The molecule has 4 heterocycles. The molecule has 146 valence electrons. The van der Waals surface area contributed by atoms with Crippen LogP contribution in [0.1, 0.15) is 32.6 Å². The molecule has 0 aliphatic carbocycles. The van der Waals surface area contributed by atoms with Crippen molar-refractivity contribution in [3.63, 3.8) is 0 Å². The Morgan fingerprint density at radius 2 is 1.96 bits per heavy atom. The Morgan fingerprint density at radius 3 is 2.64 bits per heavy atom. The van der Waals surface area contributed by atoms with E-state index in [0.29, 0.717) is 5.76 Å². The Balaban J connectivity index is 1.69. The summed E-state index contributed by atoms with van der Waals surface area (Å²) in [4.78, 5) is 22.8. The van der Waals surface area contributed by atoms with Gasteiger partial charge in [0.15, 0.2) is 5.76 Å². The zero-order valence-corrected chi connectivity index (χ0v) is 16.9. The van der Waals surface area contributed by atoms with Gasteiger partial charge in [-0.05, 0) is 49.9 Å². The number of likely N-dealkylation sites (N-methyl/N-ethyl adjacent to an activating group) is 1. The molecule has 0 spiro atoms. The summed E-state index contributed by atoms with van der Waals surface area (Å²) in [5.41, 5.74) is 2.31. The maximum Gasteiger partial charge on any atom is 0.291 e. The molecular formula is C21H24N4O2S. The van der Waals surface area contributed by atoms with E-state index in [4.69, 9.17) is 4.42 Å². The first-order valence-corrected chi connectivity index (χ1v) is 10.2. The van der Waals surface area contributed by atoms with Crippen molar-refractivity contribution in [3.8, 4) is 0 Å². The summed E-state index contributed by atoms with van der Waals surface area (Å²) in [7, 11) is 2.16. The summed E-state index contributed by atoms with van der Waals surface area (Å²) < 4.78 is 5.26. The van der Waals surface area contributed by atoms with Gasteiger partial charge >= 0.3 is 0 Å². The summed E-state index contributed by atoms with van der Waals surface area (Å²) in [5.74, 6) is 0.0945. The molecule has 0 saturated carbocycles. The molecule has 7 heteroatoms. The first-order valence-electron chi connectivity index (χ1n) is 9.39. The third kappa shape index (κ3) is 4.01. The standard InChI is InChI=1S/C21H24N4O2S/c1-15-14-17(21(28-15)23-20(26)18-4-3-13-27-18)19(16-5-7-22-8-6-16)25-11-9-24(2)10-12-25/h3-8,13-14,19H,9-12H2,1-2H3,(H,23,26)/t19-/m1/s1. The highest BCUT2D eigenvalue weighted by atomic mass is 32.1. The average molecular weight is 397 g/mol. The van der Waals surface area contributed by atoms with Crippen molar-refractivity contribution in [1.82, 2.24) is 14.8 Å². The fraction of sp³-hybridized carbons (Fsp3) is 0.333. The van der Waals surface area contributed by atoms with Crippen LogP contribution in [0.2, 0.25) is 0 Å². The van der Waals surface area contributed by atoms with Gasteiger partial charge in [-0.2, -0.15) is 0 Å². The van der Waals surface area contributed by atoms with Crippen molar-refractivity contribution in [2.45, 2.75) is 13.0 Å². The van der Waals surface area contributed by atoms with Crippen LogP contribution in [0.3, 0.4) is 0 Å². The van der Waals surface area contributed by atoms with E-state index in [2.05, 4.69) is 52.3 Å².